The van der Waals surface area contributed by atoms with Gasteiger partial charge in [0.1, 0.15) is 17.7 Å². The summed E-state index contributed by atoms with van der Waals surface area (Å²) in [5.41, 5.74) is 0.437. The molecule has 0 amide bonds. The van der Waals surface area contributed by atoms with Gasteiger partial charge in [-0.3, -0.25) is 0 Å². The number of halogens is 3. The van der Waals surface area contributed by atoms with E-state index in [-0.39, 0.29) is 0 Å². The minimum absolute atomic E-state index is 0.350. The number of hydrogen-bond acceptors (Lipinski definition) is 3. The summed E-state index contributed by atoms with van der Waals surface area (Å²) in [7, 11) is -2.53. The van der Waals surface area contributed by atoms with Crippen molar-refractivity contribution in [3.63, 3.8) is 0 Å². The lowest BCUT2D eigenvalue weighted by molar-refractivity contribution is 0.503. The van der Waals surface area contributed by atoms with E-state index in [0.29, 0.717) is 17.5 Å². The average Bonchev–Trinajstić information content (AvgIpc) is 3.02. The molecule has 136 valence electrons. The third-order valence-electron chi connectivity index (χ3n) is 3.79. The zero-order valence-corrected chi connectivity index (χ0v) is 14.3. The van der Waals surface area contributed by atoms with E-state index in [0.717, 1.165) is 12.1 Å². The van der Waals surface area contributed by atoms with E-state index in [2.05, 4.69) is 9.71 Å². The maximum atomic E-state index is 13.4. The maximum Gasteiger partial charge on any atom is 0.241 e. The molecule has 0 radical (unpaired) electrons. The molecule has 1 aromatic heterocycles. The Morgan fingerprint density at radius 2 is 1.73 bits per heavy atom. The van der Waals surface area contributed by atoms with Crippen molar-refractivity contribution in [3.8, 4) is 0 Å². The van der Waals surface area contributed by atoms with Crippen LogP contribution in [0.25, 0.3) is 0 Å². The van der Waals surface area contributed by atoms with Crippen LogP contribution in [0.2, 0.25) is 0 Å². The second kappa shape index (κ2) is 6.93. The minimum atomic E-state index is -4.20. The summed E-state index contributed by atoms with van der Waals surface area (Å²) < 4.78 is 69.0. The lowest BCUT2D eigenvalue weighted by Gasteiger charge is -2.19. The number of aryl methyl sites for hydroxylation is 1. The molecule has 1 atom stereocenters. The van der Waals surface area contributed by atoms with Crippen molar-refractivity contribution in [2.24, 2.45) is 7.05 Å². The van der Waals surface area contributed by atoms with Gasteiger partial charge in [-0.2, -0.15) is 4.72 Å². The smallest absolute Gasteiger partial charge is 0.241 e. The summed E-state index contributed by atoms with van der Waals surface area (Å²) in [6.45, 7) is 0. The number of benzene rings is 2. The van der Waals surface area contributed by atoms with Crippen LogP contribution in [0, 0.1) is 17.5 Å². The van der Waals surface area contributed by atoms with Crippen molar-refractivity contribution in [1.29, 1.82) is 0 Å². The summed E-state index contributed by atoms with van der Waals surface area (Å²) in [5, 5.41) is 0. The first-order chi connectivity index (χ1) is 12.3. The highest BCUT2D eigenvalue weighted by Gasteiger charge is 2.26. The zero-order chi connectivity index (χ0) is 18.9. The molecule has 26 heavy (non-hydrogen) atoms. The van der Waals surface area contributed by atoms with Gasteiger partial charge < -0.3 is 4.57 Å². The van der Waals surface area contributed by atoms with Gasteiger partial charge in [0.15, 0.2) is 11.6 Å². The van der Waals surface area contributed by atoms with Crippen LogP contribution in [-0.4, -0.2) is 18.0 Å². The number of imidazole rings is 1. The Morgan fingerprint density at radius 3 is 2.31 bits per heavy atom. The van der Waals surface area contributed by atoms with Crippen molar-refractivity contribution >= 4 is 10.0 Å². The average molecular weight is 381 g/mol. The fourth-order valence-electron chi connectivity index (χ4n) is 2.45. The van der Waals surface area contributed by atoms with Gasteiger partial charge in [0.25, 0.3) is 0 Å². The third-order valence-corrected chi connectivity index (χ3v) is 5.21. The molecule has 0 fully saturated rings. The van der Waals surface area contributed by atoms with Crippen molar-refractivity contribution in [1.82, 2.24) is 14.3 Å². The highest BCUT2D eigenvalue weighted by molar-refractivity contribution is 7.89. The Balaban J connectivity index is 2.03. The Bertz CT molecular complexity index is 1030. The van der Waals surface area contributed by atoms with E-state index in [1.165, 1.54) is 30.5 Å². The van der Waals surface area contributed by atoms with Crippen molar-refractivity contribution in [2.45, 2.75) is 10.9 Å². The van der Waals surface area contributed by atoms with E-state index < -0.39 is 38.4 Å². The summed E-state index contributed by atoms with van der Waals surface area (Å²) in [6.07, 6.45) is 3.11. The lowest BCUT2D eigenvalue weighted by Crippen LogP contribution is -2.31. The number of sulfonamides is 1. The van der Waals surface area contributed by atoms with Crippen LogP contribution in [-0.2, 0) is 17.1 Å². The number of hydrogen-bond donors (Lipinski definition) is 1. The molecule has 1 N–H and O–H groups in total. The maximum absolute atomic E-state index is 13.4. The molecule has 2 aromatic carbocycles. The highest BCUT2D eigenvalue weighted by Crippen LogP contribution is 2.24. The first-order valence-corrected chi connectivity index (χ1v) is 8.96. The summed E-state index contributed by atoms with van der Waals surface area (Å²) in [5.74, 6) is -2.55. The molecule has 0 bridgehead atoms. The molecule has 0 aliphatic heterocycles. The summed E-state index contributed by atoms with van der Waals surface area (Å²) >= 11 is 0. The second-order valence-corrected chi connectivity index (χ2v) is 7.29. The summed E-state index contributed by atoms with van der Waals surface area (Å²) in [6, 6.07) is 6.56. The standard InChI is InChI=1S/C17H14F3N3O2S/c1-23-9-8-21-17(23)16(11-2-4-12(18)5-3-11)22-26(24,25)13-6-7-14(19)15(20)10-13/h2-10,16,22H,1H3. The zero-order valence-electron chi connectivity index (χ0n) is 13.5. The molecule has 3 rings (SSSR count). The number of nitrogens with zero attached hydrogens (tertiary/aromatic N) is 2. The summed E-state index contributed by atoms with van der Waals surface area (Å²) in [4.78, 5) is 3.70. The predicted octanol–water partition coefficient (Wildman–Crippen LogP) is 2.91. The molecule has 0 aliphatic carbocycles. The molecule has 0 saturated heterocycles. The molecule has 5 nitrogen and oxygen atoms in total. The molecule has 0 spiro atoms. The lowest BCUT2D eigenvalue weighted by atomic mass is 10.1. The van der Waals surface area contributed by atoms with Crippen LogP contribution >= 0.6 is 0 Å². The number of aromatic nitrogens is 2. The fourth-order valence-corrected chi connectivity index (χ4v) is 3.64. The topological polar surface area (TPSA) is 64.0 Å². The van der Waals surface area contributed by atoms with Gasteiger partial charge in [-0.05, 0) is 35.9 Å². The Labute approximate surface area is 148 Å². The van der Waals surface area contributed by atoms with E-state index >= 15 is 0 Å². The van der Waals surface area contributed by atoms with Gasteiger partial charge >= 0.3 is 0 Å². The Hall–Kier alpha value is -2.65. The first kappa shape index (κ1) is 18.2. The highest BCUT2D eigenvalue weighted by atomic mass is 32.2. The van der Waals surface area contributed by atoms with Gasteiger partial charge in [-0.1, -0.05) is 12.1 Å². The van der Waals surface area contributed by atoms with Gasteiger partial charge in [0.05, 0.1) is 4.90 Å². The number of rotatable bonds is 5. The van der Waals surface area contributed by atoms with Crippen LogP contribution in [0.15, 0.2) is 59.8 Å². The molecule has 1 heterocycles. The van der Waals surface area contributed by atoms with Crippen LogP contribution in [0.1, 0.15) is 17.4 Å². The van der Waals surface area contributed by atoms with E-state index in [1.54, 1.807) is 17.8 Å². The SMILES string of the molecule is Cn1ccnc1C(NS(=O)(=O)c1ccc(F)c(F)c1)c1ccc(F)cc1. The van der Waals surface area contributed by atoms with Crippen molar-refractivity contribution < 1.29 is 21.6 Å². The first-order valence-electron chi connectivity index (χ1n) is 7.48. The number of nitrogens with one attached hydrogen (secondary N) is 1. The van der Waals surface area contributed by atoms with E-state index in [9.17, 15) is 21.6 Å². The van der Waals surface area contributed by atoms with Crippen molar-refractivity contribution in [2.75, 3.05) is 0 Å². The van der Waals surface area contributed by atoms with Gasteiger partial charge in [0, 0.05) is 19.4 Å². The monoisotopic (exact) mass is 381 g/mol. The van der Waals surface area contributed by atoms with Crippen molar-refractivity contribution in [3.05, 3.63) is 83.7 Å². The molecule has 1 unspecified atom stereocenters. The second-order valence-electron chi connectivity index (χ2n) is 5.58. The molecule has 0 aliphatic rings. The predicted molar refractivity (Wildman–Crippen MR) is 88.1 cm³/mol. The van der Waals surface area contributed by atoms with Crippen LogP contribution < -0.4 is 4.72 Å². The van der Waals surface area contributed by atoms with Crippen LogP contribution in [0.3, 0.4) is 0 Å². The van der Waals surface area contributed by atoms with Gasteiger partial charge in [-0.15, -0.1) is 0 Å². The quantitative estimate of drug-likeness (QED) is 0.739. The van der Waals surface area contributed by atoms with Gasteiger partial charge in [0.2, 0.25) is 10.0 Å². The Kier molecular flexibility index (Phi) is 4.84. The molecular formula is C17H14F3N3O2S. The van der Waals surface area contributed by atoms with Gasteiger partial charge in [-0.25, -0.2) is 26.6 Å². The van der Waals surface area contributed by atoms with E-state index in [4.69, 9.17) is 0 Å². The van der Waals surface area contributed by atoms with Crippen LogP contribution in [0.5, 0.6) is 0 Å². The van der Waals surface area contributed by atoms with E-state index in [1.807, 2.05) is 0 Å². The largest absolute Gasteiger partial charge is 0.336 e. The normalized spacial score (nSPS) is 12.9. The molecule has 9 heteroatoms. The fraction of sp³-hybridized carbons (Fsp3) is 0.118. The van der Waals surface area contributed by atoms with Crippen LogP contribution in [0.4, 0.5) is 13.2 Å². The molecular weight excluding hydrogens is 367 g/mol. The molecule has 0 saturated carbocycles. The molecule has 3 aromatic rings. The minimum Gasteiger partial charge on any atom is -0.336 e. The third kappa shape index (κ3) is 3.63. The Morgan fingerprint density at radius 1 is 1.04 bits per heavy atom.